The monoisotopic (exact) mass is 369 g/mol. The normalized spacial score (nSPS) is 13.2. The number of carbonyl (C=O) groups is 3. The van der Waals surface area contributed by atoms with Gasteiger partial charge in [0.05, 0.1) is 11.1 Å². The first-order valence-electron chi connectivity index (χ1n) is 7.30. The molecule has 0 radical (unpaired) electrons. The number of amides is 3. The molecule has 0 saturated heterocycles. The maximum absolute atomic E-state index is 12.4. The summed E-state index contributed by atoms with van der Waals surface area (Å²) < 4.78 is 0. The Morgan fingerprint density at radius 2 is 1.92 bits per heavy atom. The van der Waals surface area contributed by atoms with Crippen LogP contribution >= 0.6 is 22.7 Å². The Balaban J connectivity index is 1.56. The number of thiophene rings is 1. The Labute approximate surface area is 150 Å². The van der Waals surface area contributed by atoms with Crippen molar-refractivity contribution < 1.29 is 14.4 Å². The minimum Gasteiger partial charge on any atom is -0.321 e. The van der Waals surface area contributed by atoms with Gasteiger partial charge in [-0.1, -0.05) is 0 Å². The molecular formula is C17H11N3O3S2. The highest BCUT2D eigenvalue weighted by Crippen LogP contribution is 2.27. The van der Waals surface area contributed by atoms with Crippen molar-refractivity contribution in [3.05, 3.63) is 57.2 Å². The number of hydrogen-bond donors (Lipinski definition) is 1. The lowest BCUT2D eigenvalue weighted by atomic mass is 10.1. The van der Waals surface area contributed by atoms with Crippen LogP contribution < -0.4 is 5.32 Å². The average molecular weight is 369 g/mol. The van der Waals surface area contributed by atoms with Gasteiger partial charge in [-0.3, -0.25) is 19.3 Å². The van der Waals surface area contributed by atoms with Crippen molar-refractivity contribution in [3.63, 3.8) is 0 Å². The van der Waals surface area contributed by atoms with E-state index in [2.05, 4.69) is 10.3 Å². The molecule has 1 aromatic carbocycles. The number of thiazole rings is 1. The van der Waals surface area contributed by atoms with Crippen molar-refractivity contribution in [2.75, 3.05) is 12.4 Å². The molecule has 0 spiro atoms. The van der Waals surface area contributed by atoms with Gasteiger partial charge in [-0.15, -0.1) is 11.3 Å². The largest absolute Gasteiger partial charge is 0.321 e. The van der Waals surface area contributed by atoms with E-state index in [4.69, 9.17) is 0 Å². The van der Waals surface area contributed by atoms with Gasteiger partial charge in [0, 0.05) is 29.1 Å². The van der Waals surface area contributed by atoms with Crippen molar-refractivity contribution in [3.8, 4) is 10.6 Å². The van der Waals surface area contributed by atoms with E-state index < -0.39 is 0 Å². The summed E-state index contributed by atoms with van der Waals surface area (Å²) in [6, 6.07) is 6.62. The zero-order valence-corrected chi connectivity index (χ0v) is 14.6. The summed E-state index contributed by atoms with van der Waals surface area (Å²) in [5, 5.41) is 9.12. The summed E-state index contributed by atoms with van der Waals surface area (Å²) >= 11 is 2.97. The number of benzene rings is 1. The molecule has 1 N–H and O–H groups in total. The van der Waals surface area contributed by atoms with Gasteiger partial charge in [-0.05, 0) is 29.6 Å². The topological polar surface area (TPSA) is 79.4 Å². The highest BCUT2D eigenvalue weighted by Gasteiger charge is 2.32. The van der Waals surface area contributed by atoms with Crippen LogP contribution in [0.5, 0.6) is 0 Å². The Hall–Kier alpha value is -2.84. The van der Waals surface area contributed by atoms with Crippen LogP contribution in [0.4, 0.5) is 5.69 Å². The lowest BCUT2D eigenvalue weighted by molar-refractivity contribution is 0.0692. The van der Waals surface area contributed by atoms with Crippen molar-refractivity contribution in [1.82, 2.24) is 9.88 Å². The van der Waals surface area contributed by atoms with Gasteiger partial charge in [-0.25, -0.2) is 4.98 Å². The highest BCUT2D eigenvalue weighted by atomic mass is 32.1. The van der Waals surface area contributed by atoms with Gasteiger partial charge in [0.15, 0.2) is 0 Å². The van der Waals surface area contributed by atoms with E-state index >= 15 is 0 Å². The number of fused-ring (bicyclic) bond motifs is 1. The van der Waals surface area contributed by atoms with Crippen LogP contribution in [-0.4, -0.2) is 34.7 Å². The third kappa shape index (κ3) is 2.65. The van der Waals surface area contributed by atoms with E-state index in [1.807, 2.05) is 16.8 Å². The Bertz CT molecular complexity index is 1010. The van der Waals surface area contributed by atoms with Crippen LogP contribution in [0.3, 0.4) is 0 Å². The van der Waals surface area contributed by atoms with Crippen LogP contribution in [0.1, 0.15) is 31.2 Å². The molecule has 0 unspecified atom stereocenters. The number of anilines is 1. The first kappa shape index (κ1) is 15.7. The lowest BCUT2D eigenvalue weighted by Crippen LogP contribution is -2.24. The smallest absolute Gasteiger partial charge is 0.275 e. The highest BCUT2D eigenvalue weighted by molar-refractivity contribution is 7.14. The van der Waals surface area contributed by atoms with Crippen molar-refractivity contribution in [2.45, 2.75) is 0 Å². The Morgan fingerprint density at radius 3 is 2.68 bits per heavy atom. The molecule has 124 valence electrons. The first-order chi connectivity index (χ1) is 12.0. The number of aromatic nitrogens is 1. The second-order valence-electron chi connectivity index (χ2n) is 5.43. The Morgan fingerprint density at radius 1 is 1.12 bits per heavy atom. The van der Waals surface area contributed by atoms with Crippen LogP contribution in [0, 0.1) is 0 Å². The quantitative estimate of drug-likeness (QED) is 0.718. The van der Waals surface area contributed by atoms with E-state index in [1.165, 1.54) is 24.5 Å². The van der Waals surface area contributed by atoms with E-state index in [-0.39, 0.29) is 17.7 Å². The fourth-order valence-electron chi connectivity index (χ4n) is 2.53. The summed E-state index contributed by atoms with van der Waals surface area (Å²) in [5.74, 6) is -1.06. The zero-order valence-electron chi connectivity index (χ0n) is 13.0. The number of nitrogens with zero attached hydrogens (tertiary/aromatic N) is 2. The number of hydrogen-bond acceptors (Lipinski definition) is 6. The van der Waals surface area contributed by atoms with Gasteiger partial charge in [-0.2, -0.15) is 11.3 Å². The van der Waals surface area contributed by atoms with E-state index in [0.717, 1.165) is 15.5 Å². The summed E-state index contributed by atoms with van der Waals surface area (Å²) in [6.45, 7) is 0. The van der Waals surface area contributed by atoms with Crippen LogP contribution in [0.2, 0.25) is 0 Å². The number of imide groups is 1. The average Bonchev–Trinajstić information content (AvgIpc) is 3.33. The fourth-order valence-corrected chi connectivity index (χ4v) is 4.04. The lowest BCUT2D eigenvalue weighted by Gasteiger charge is -2.04. The molecule has 1 aliphatic heterocycles. The molecule has 6 nitrogen and oxygen atoms in total. The van der Waals surface area contributed by atoms with Crippen LogP contribution in [-0.2, 0) is 0 Å². The first-order valence-corrected chi connectivity index (χ1v) is 9.13. The van der Waals surface area contributed by atoms with Gasteiger partial charge in [0.2, 0.25) is 0 Å². The molecule has 3 heterocycles. The van der Waals surface area contributed by atoms with Crippen LogP contribution in [0.25, 0.3) is 10.6 Å². The molecule has 0 atom stereocenters. The van der Waals surface area contributed by atoms with E-state index in [9.17, 15) is 14.4 Å². The van der Waals surface area contributed by atoms with Crippen molar-refractivity contribution >= 4 is 46.1 Å². The van der Waals surface area contributed by atoms with Gasteiger partial charge < -0.3 is 5.32 Å². The SMILES string of the molecule is CN1C(=O)c2ccc(NC(=O)c3csc(-c4ccsc4)n3)cc2C1=O. The van der Waals surface area contributed by atoms with Gasteiger partial charge >= 0.3 is 0 Å². The van der Waals surface area contributed by atoms with Gasteiger partial charge in [0.1, 0.15) is 10.7 Å². The second kappa shape index (κ2) is 5.91. The van der Waals surface area contributed by atoms with E-state index in [0.29, 0.717) is 22.5 Å². The maximum atomic E-state index is 12.4. The van der Waals surface area contributed by atoms with Crippen LogP contribution in [0.15, 0.2) is 40.4 Å². The molecule has 3 aromatic rings. The molecule has 3 amide bonds. The van der Waals surface area contributed by atoms with E-state index in [1.54, 1.807) is 28.8 Å². The van der Waals surface area contributed by atoms with Crippen molar-refractivity contribution in [1.29, 1.82) is 0 Å². The zero-order chi connectivity index (χ0) is 17.6. The van der Waals surface area contributed by atoms with Crippen molar-refractivity contribution in [2.24, 2.45) is 0 Å². The summed E-state index contributed by atoms with van der Waals surface area (Å²) in [7, 11) is 1.43. The number of rotatable bonds is 3. The molecule has 0 saturated carbocycles. The molecule has 4 rings (SSSR count). The fraction of sp³-hybridized carbons (Fsp3) is 0.0588. The molecule has 8 heteroatoms. The minimum atomic E-state index is -0.371. The molecule has 1 aliphatic rings. The second-order valence-corrected chi connectivity index (χ2v) is 7.07. The molecular weight excluding hydrogens is 358 g/mol. The summed E-state index contributed by atoms with van der Waals surface area (Å²) in [5.41, 5.74) is 2.39. The predicted molar refractivity (Wildman–Crippen MR) is 96.2 cm³/mol. The Kier molecular flexibility index (Phi) is 3.70. The minimum absolute atomic E-state index is 0.294. The van der Waals surface area contributed by atoms with Gasteiger partial charge in [0.25, 0.3) is 17.7 Å². The molecule has 2 aromatic heterocycles. The molecule has 0 aliphatic carbocycles. The summed E-state index contributed by atoms with van der Waals surface area (Å²) in [4.78, 5) is 41.7. The molecule has 0 bridgehead atoms. The molecule has 25 heavy (non-hydrogen) atoms. The summed E-state index contributed by atoms with van der Waals surface area (Å²) in [6.07, 6.45) is 0. The predicted octanol–water partition coefficient (Wildman–Crippen LogP) is 3.35. The number of carbonyl (C=O) groups excluding carboxylic acids is 3. The third-order valence-electron chi connectivity index (χ3n) is 3.85. The maximum Gasteiger partial charge on any atom is 0.275 e. The molecule has 0 fully saturated rings. The third-order valence-corrected chi connectivity index (χ3v) is 5.43. The standard InChI is InChI=1S/C17H11N3O3S2/c1-20-16(22)11-3-2-10(6-12(11)17(20)23)18-14(21)13-8-25-15(19-13)9-4-5-24-7-9/h2-8H,1H3,(H,18,21). The number of nitrogens with one attached hydrogen (secondary N) is 1.